The first-order valence-corrected chi connectivity index (χ1v) is 8.69. The van der Waals surface area contributed by atoms with Gasteiger partial charge in [-0.3, -0.25) is 0 Å². The van der Waals surface area contributed by atoms with Crippen molar-refractivity contribution in [2.45, 2.75) is 61.9 Å². The van der Waals surface area contributed by atoms with Gasteiger partial charge >= 0.3 is 0 Å². The van der Waals surface area contributed by atoms with Crippen LogP contribution in [0.3, 0.4) is 0 Å². The predicted octanol–water partition coefficient (Wildman–Crippen LogP) is 4.48. The maximum Gasteiger partial charge on any atom is 0.0871 e. The van der Waals surface area contributed by atoms with Crippen molar-refractivity contribution in [2.24, 2.45) is 0 Å². The van der Waals surface area contributed by atoms with E-state index >= 15 is 0 Å². The van der Waals surface area contributed by atoms with Crippen LogP contribution >= 0.6 is 31.9 Å². The number of rotatable bonds is 5. The first-order chi connectivity index (χ1) is 9.24. The Morgan fingerprint density at radius 2 is 2.05 bits per heavy atom. The van der Waals surface area contributed by atoms with Crippen molar-refractivity contribution in [1.29, 1.82) is 0 Å². The SMILES string of the molecule is CCC=CCC(Br)C1CC2OC(C=C=CBr)CC2O1. The lowest BCUT2D eigenvalue weighted by Crippen LogP contribution is -2.22. The molecule has 5 unspecified atom stereocenters. The Morgan fingerprint density at radius 1 is 1.26 bits per heavy atom. The minimum Gasteiger partial charge on any atom is -0.371 e. The van der Waals surface area contributed by atoms with Gasteiger partial charge in [-0.1, -0.05) is 50.9 Å². The molecule has 106 valence electrons. The van der Waals surface area contributed by atoms with Crippen LogP contribution in [0.2, 0.25) is 0 Å². The minimum absolute atomic E-state index is 0.151. The number of alkyl halides is 1. The van der Waals surface area contributed by atoms with E-state index in [2.05, 4.69) is 56.7 Å². The molecule has 2 fully saturated rings. The van der Waals surface area contributed by atoms with Crippen LogP contribution in [0.4, 0.5) is 0 Å². The summed E-state index contributed by atoms with van der Waals surface area (Å²) >= 11 is 6.95. The Kier molecular flexibility index (Phi) is 6.37. The second-order valence-corrected chi connectivity index (χ2v) is 6.61. The molecule has 2 aliphatic heterocycles. The third-order valence-electron chi connectivity index (χ3n) is 3.56. The van der Waals surface area contributed by atoms with Crippen LogP contribution in [0.1, 0.15) is 32.6 Å². The van der Waals surface area contributed by atoms with Gasteiger partial charge in [-0.25, -0.2) is 0 Å². The number of fused-ring (bicyclic) bond motifs is 1. The van der Waals surface area contributed by atoms with E-state index in [9.17, 15) is 0 Å². The third-order valence-corrected chi connectivity index (χ3v) is 4.78. The summed E-state index contributed by atoms with van der Waals surface area (Å²) in [5.74, 6) is 0. The highest BCUT2D eigenvalue weighted by atomic mass is 79.9. The standard InChI is InChI=1S/C15H20Br2O2/c1-2-3-4-7-12(17)13-10-15-14(19-13)9-11(18-15)6-5-8-16/h3-4,6,8,11-15H,2,7,9-10H2,1H3. The summed E-state index contributed by atoms with van der Waals surface area (Å²) in [4.78, 5) is 2.11. The first kappa shape index (κ1) is 15.5. The Labute approximate surface area is 132 Å². The van der Waals surface area contributed by atoms with Crippen molar-refractivity contribution in [3.05, 3.63) is 28.9 Å². The molecule has 0 saturated carbocycles. The second-order valence-electron chi connectivity index (χ2n) is 4.97. The summed E-state index contributed by atoms with van der Waals surface area (Å²) in [5, 5.41) is 0. The minimum atomic E-state index is 0.151. The van der Waals surface area contributed by atoms with Gasteiger partial charge in [0.1, 0.15) is 0 Å². The van der Waals surface area contributed by atoms with Gasteiger partial charge in [0.2, 0.25) is 0 Å². The van der Waals surface area contributed by atoms with Gasteiger partial charge in [0.25, 0.3) is 0 Å². The molecule has 0 aromatic rings. The average molecular weight is 392 g/mol. The van der Waals surface area contributed by atoms with Gasteiger partial charge in [-0.2, -0.15) is 0 Å². The molecule has 0 spiro atoms. The number of hydrogen-bond donors (Lipinski definition) is 0. The van der Waals surface area contributed by atoms with Gasteiger partial charge in [0.15, 0.2) is 0 Å². The van der Waals surface area contributed by atoms with E-state index in [0.717, 1.165) is 25.7 Å². The molecule has 0 amide bonds. The highest BCUT2D eigenvalue weighted by Gasteiger charge is 2.44. The Bertz CT molecular complexity index is 360. The van der Waals surface area contributed by atoms with Gasteiger partial charge in [-0.05, 0) is 18.9 Å². The molecule has 0 aliphatic carbocycles. The summed E-state index contributed by atoms with van der Waals surface area (Å²) < 4.78 is 12.1. The van der Waals surface area contributed by atoms with Crippen LogP contribution in [-0.4, -0.2) is 29.2 Å². The van der Waals surface area contributed by atoms with Crippen molar-refractivity contribution < 1.29 is 9.47 Å². The molecule has 2 saturated heterocycles. The fourth-order valence-electron chi connectivity index (χ4n) is 2.64. The highest BCUT2D eigenvalue weighted by molar-refractivity contribution is 9.11. The molecule has 0 N–H and O–H groups in total. The molecular formula is C15H20Br2O2. The Morgan fingerprint density at radius 3 is 2.74 bits per heavy atom. The Balaban J connectivity index is 1.80. The Hall–Kier alpha value is 0.140. The zero-order chi connectivity index (χ0) is 13.7. The molecule has 2 nitrogen and oxygen atoms in total. The van der Waals surface area contributed by atoms with Gasteiger partial charge < -0.3 is 9.47 Å². The third kappa shape index (κ3) is 4.30. The quantitative estimate of drug-likeness (QED) is 0.390. The van der Waals surface area contributed by atoms with E-state index in [0.29, 0.717) is 4.83 Å². The van der Waals surface area contributed by atoms with Crippen molar-refractivity contribution in [3.8, 4) is 0 Å². The molecule has 0 aromatic carbocycles. The van der Waals surface area contributed by atoms with Crippen molar-refractivity contribution in [1.82, 2.24) is 0 Å². The van der Waals surface area contributed by atoms with E-state index < -0.39 is 0 Å². The largest absolute Gasteiger partial charge is 0.371 e. The maximum atomic E-state index is 6.11. The molecule has 5 atom stereocenters. The highest BCUT2D eigenvalue weighted by Crippen LogP contribution is 2.37. The van der Waals surface area contributed by atoms with Gasteiger partial charge in [-0.15, -0.1) is 5.73 Å². The van der Waals surface area contributed by atoms with Gasteiger partial charge in [0, 0.05) is 22.7 Å². The first-order valence-electron chi connectivity index (χ1n) is 6.85. The van der Waals surface area contributed by atoms with Crippen molar-refractivity contribution >= 4 is 31.9 Å². The number of hydrogen-bond acceptors (Lipinski definition) is 2. The molecule has 2 aliphatic rings. The lowest BCUT2D eigenvalue weighted by molar-refractivity contribution is 0.0378. The van der Waals surface area contributed by atoms with E-state index in [1.54, 1.807) is 4.99 Å². The normalized spacial score (nSPS) is 35.1. The van der Waals surface area contributed by atoms with Crippen LogP contribution in [0.5, 0.6) is 0 Å². The monoisotopic (exact) mass is 390 g/mol. The zero-order valence-electron chi connectivity index (χ0n) is 11.1. The lowest BCUT2D eigenvalue weighted by atomic mass is 10.1. The van der Waals surface area contributed by atoms with Crippen molar-refractivity contribution in [2.75, 3.05) is 0 Å². The summed E-state index contributed by atoms with van der Waals surface area (Å²) in [7, 11) is 0. The van der Waals surface area contributed by atoms with Gasteiger partial charge in [0.05, 0.1) is 24.4 Å². The number of ether oxygens (including phenoxy) is 2. The molecule has 0 aromatic heterocycles. The van der Waals surface area contributed by atoms with Crippen LogP contribution in [0.15, 0.2) is 28.9 Å². The molecule has 0 bridgehead atoms. The predicted molar refractivity (Wildman–Crippen MR) is 84.9 cm³/mol. The molecular weight excluding hydrogens is 372 g/mol. The molecule has 19 heavy (non-hydrogen) atoms. The fraction of sp³-hybridized carbons (Fsp3) is 0.667. The smallest absolute Gasteiger partial charge is 0.0871 e. The van der Waals surface area contributed by atoms with E-state index in [1.165, 1.54) is 0 Å². The lowest BCUT2D eigenvalue weighted by Gasteiger charge is -2.18. The topological polar surface area (TPSA) is 18.5 Å². The van der Waals surface area contributed by atoms with Crippen molar-refractivity contribution in [3.63, 3.8) is 0 Å². The number of allylic oxidation sites excluding steroid dienone is 2. The zero-order valence-corrected chi connectivity index (χ0v) is 14.3. The molecule has 2 rings (SSSR count). The van der Waals surface area contributed by atoms with E-state index in [4.69, 9.17) is 9.47 Å². The van der Waals surface area contributed by atoms with E-state index in [1.807, 2.05) is 6.08 Å². The summed E-state index contributed by atoms with van der Waals surface area (Å²) in [6.07, 6.45) is 11.4. The molecule has 0 radical (unpaired) electrons. The summed E-state index contributed by atoms with van der Waals surface area (Å²) in [5.41, 5.74) is 3.02. The van der Waals surface area contributed by atoms with Crippen LogP contribution in [0, 0.1) is 0 Å². The summed E-state index contributed by atoms with van der Waals surface area (Å²) in [6, 6.07) is 0. The van der Waals surface area contributed by atoms with E-state index in [-0.39, 0.29) is 24.4 Å². The average Bonchev–Trinajstić information content (AvgIpc) is 2.94. The maximum absolute atomic E-state index is 6.11. The van der Waals surface area contributed by atoms with Crippen LogP contribution in [-0.2, 0) is 9.47 Å². The molecule has 4 heteroatoms. The summed E-state index contributed by atoms with van der Waals surface area (Å²) in [6.45, 7) is 2.15. The fourth-order valence-corrected chi connectivity index (χ4v) is 3.35. The van der Waals surface area contributed by atoms with Crippen LogP contribution in [0.25, 0.3) is 0 Å². The second kappa shape index (κ2) is 7.80. The molecule has 2 heterocycles. The number of halogens is 2. The van der Waals surface area contributed by atoms with Crippen LogP contribution < -0.4 is 0 Å².